The third kappa shape index (κ3) is 1.53. The first-order valence-electron chi connectivity index (χ1n) is 5.24. The number of halogens is 1. The minimum absolute atomic E-state index is 0.00870. The molecule has 0 amide bonds. The molecule has 0 radical (unpaired) electrons. The fourth-order valence-corrected chi connectivity index (χ4v) is 3.96. The van der Waals surface area contributed by atoms with Gasteiger partial charge in [0, 0.05) is 16.3 Å². The number of hydrogen-bond acceptors (Lipinski definition) is 2. The zero-order chi connectivity index (χ0) is 11.1. The highest BCUT2D eigenvalue weighted by molar-refractivity contribution is 9.10. The Morgan fingerprint density at radius 1 is 1.50 bits per heavy atom. The van der Waals surface area contributed by atoms with Crippen molar-refractivity contribution >= 4 is 38.7 Å². The van der Waals surface area contributed by atoms with Gasteiger partial charge in [0.1, 0.15) is 0 Å². The Bertz CT molecular complexity index is 583. The van der Waals surface area contributed by atoms with E-state index in [1.807, 2.05) is 34.5 Å². The number of H-pyrrole nitrogens is 1. The zero-order valence-corrected chi connectivity index (χ0v) is 11.0. The predicted molar refractivity (Wildman–Crippen MR) is 71.2 cm³/mol. The second-order valence-electron chi connectivity index (χ2n) is 3.95. The molecule has 1 aliphatic rings. The molecule has 3 nitrogen and oxygen atoms in total. The molecular weight excluding hydrogens is 288 g/mol. The number of aromatic nitrogens is 2. The lowest BCUT2D eigenvalue weighted by molar-refractivity contribution is 0.558. The average Bonchev–Trinajstić information content (AvgIpc) is 2.84. The van der Waals surface area contributed by atoms with Crippen molar-refractivity contribution in [3.05, 3.63) is 33.2 Å². The Labute approximate surface area is 105 Å². The van der Waals surface area contributed by atoms with Crippen LogP contribution in [0.1, 0.15) is 12.5 Å². The molecule has 1 aromatic carbocycles. The van der Waals surface area contributed by atoms with Crippen molar-refractivity contribution < 1.29 is 0 Å². The molecular formula is C11H11BrN2OS. The van der Waals surface area contributed by atoms with Gasteiger partial charge < -0.3 is 4.98 Å². The van der Waals surface area contributed by atoms with Crippen LogP contribution in [0.4, 0.5) is 0 Å². The Hall–Kier alpha value is -0.680. The van der Waals surface area contributed by atoms with Crippen LogP contribution < -0.4 is 5.69 Å². The van der Waals surface area contributed by atoms with E-state index in [2.05, 4.69) is 20.9 Å². The first-order chi connectivity index (χ1) is 7.77. The lowest BCUT2D eigenvalue weighted by Gasteiger charge is -2.11. The van der Waals surface area contributed by atoms with Crippen LogP contribution in [0, 0.1) is 0 Å². The van der Waals surface area contributed by atoms with Crippen LogP contribution in [-0.4, -0.2) is 21.1 Å². The molecule has 1 aliphatic heterocycles. The summed E-state index contributed by atoms with van der Waals surface area (Å²) in [4.78, 5) is 14.9. The van der Waals surface area contributed by atoms with Gasteiger partial charge in [-0.25, -0.2) is 4.79 Å². The Balaban J connectivity index is 2.29. The standard InChI is InChI=1S/C11H11BrN2OS/c12-8-2-1-3-9-10(8)14(11(15)13-9)7-4-5-16-6-7/h1-3,7H,4-6H2,(H,13,15). The third-order valence-electron chi connectivity index (χ3n) is 2.96. The predicted octanol–water partition coefficient (Wildman–Crippen LogP) is 2.77. The number of para-hydroxylation sites is 1. The molecule has 1 atom stereocenters. The van der Waals surface area contributed by atoms with E-state index in [-0.39, 0.29) is 5.69 Å². The van der Waals surface area contributed by atoms with Crippen LogP contribution >= 0.6 is 27.7 Å². The monoisotopic (exact) mass is 298 g/mol. The van der Waals surface area contributed by atoms with E-state index in [9.17, 15) is 4.79 Å². The van der Waals surface area contributed by atoms with E-state index < -0.39 is 0 Å². The lowest BCUT2D eigenvalue weighted by Crippen LogP contribution is -2.22. The minimum atomic E-state index is 0.00870. The van der Waals surface area contributed by atoms with Gasteiger partial charge in [-0.1, -0.05) is 6.07 Å². The van der Waals surface area contributed by atoms with Gasteiger partial charge in [-0.15, -0.1) is 0 Å². The average molecular weight is 299 g/mol. The summed E-state index contributed by atoms with van der Waals surface area (Å²) in [6, 6.07) is 6.20. The van der Waals surface area contributed by atoms with Crippen molar-refractivity contribution in [2.75, 3.05) is 11.5 Å². The van der Waals surface area contributed by atoms with Crippen molar-refractivity contribution in [3.63, 3.8) is 0 Å². The van der Waals surface area contributed by atoms with Crippen LogP contribution in [0.5, 0.6) is 0 Å². The highest BCUT2D eigenvalue weighted by Gasteiger charge is 2.22. The quantitative estimate of drug-likeness (QED) is 0.879. The number of benzene rings is 1. The molecule has 1 saturated heterocycles. The van der Waals surface area contributed by atoms with Gasteiger partial charge in [0.2, 0.25) is 0 Å². The van der Waals surface area contributed by atoms with E-state index >= 15 is 0 Å². The van der Waals surface area contributed by atoms with Crippen molar-refractivity contribution in [1.29, 1.82) is 0 Å². The molecule has 0 bridgehead atoms. The van der Waals surface area contributed by atoms with Crippen LogP contribution in [0.3, 0.4) is 0 Å². The number of hydrogen-bond donors (Lipinski definition) is 1. The number of thioether (sulfide) groups is 1. The summed E-state index contributed by atoms with van der Waals surface area (Å²) >= 11 is 5.44. The van der Waals surface area contributed by atoms with E-state index in [1.54, 1.807) is 0 Å². The van der Waals surface area contributed by atoms with Gasteiger partial charge >= 0.3 is 5.69 Å². The van der Waals surface area contributed by atoms with Crippen LogP contribution in [-0.2, 0) is 0 Å². The van der Waals surface area contributed by atoms with Crippen LogP contribution in [0.25, 0.3) is 11.0 Å². The van der Waals surface area contributed by atoms with Crippen LogP contribution in [0.2, 0.25) is 0 Å². The Morgan fingerprint density at radius 3 is 3.12 bits per heavy atom. The summed E-state index contributed by atoms with van der Waals surface area (Å²) < 4.78 is 2.89. The molecule has 2 heterocycles. The Kier molecular flexibility index (Phi) is 2.59. The van der Waals surface area contributed by atoms with Crippen molar-refractivity contribution in [3.8, 4) is 0 Å². The summed E-state index contributed by atoms with van der Waals surface area (Å²) in [5.41, 5.74) is 1.92. The molecule has 3 rings (SSSR count). The fourth-order valence-electron chi connectivity index (χ4n) is 2.21. The minimum Gasteiger partial charge on any atom is -0.305 e. The summed E-state index contributed by atoms with van der Waals surface area (Å²) in [6.07, 6.45) is 1.08. The molecule has 2 aromatic rings. The molecule has 1 N–H and O–H groups in total. The van der Waals surface area contributed by atoms with E-state index in [1.165, 1.54) is 0 Å². The Morgan fingerprint density at radius 2 is 2.38 bits per heavy atom. The number of aromatic amines is 1. The summed E-state index contributed by atoms with van der Waals surface area (Å²) in [7, 11) is 0. The van der Waals surface area contributed by atoms with Gasteiger partial charge in [-0.05, 0) is 40.2 Å². The van der Waals surface area contributed by atoms with Gasteiger partial charge in [-0.3, -0.25) is 4.57 Å². The molecule has 1 aromatic heterocycles. The maximum absolute atomic E-state index is 12.0. The van der Waals surface area contributed by atoms with Crippen molar-refractivity contribution in [2.45, 2.75) is 12.5 Å². The summed E-state index contributed by atoms with van der Waals surface area (Å²) in [6.45, 7) is 0. The maximum Gasteiger partial charge on any atom is 0.326 e. The number of fused-ring (bicyclic) bond motifs is 1. The third-order valence-corrected chi connectivity index (χ3v) is 4.74. The van der Waals surface area contributed by atoms with Crippen molar-refractivity contribution in [2.24, 2.45) is 0 Å². The topological polar surface area (TPSA) is 37.8 Å². The lowest BCUT2D eigenvalue weighted by atomic mass is 10.2. The summed E-state index contributed by atoms with van der Waals surface area (Å²) in [5, 5.41) is 0. The van der Waals surface area contributed by atoms with Gasteiger partial charge in [-0.2, -0.15) is 11.8 Å². The number of rotatable bonds is 1. The van der Waals surface area contributed by atoms with E-state index in [0.717, 1.165) is 33.4 Å². The second kappa shape index (κ2) is 3.96. The van der Waals surface area contributed by atoms with E-state index in [0.29, 0.717) is 6.04 Å². The molecule has 16 heavy (non-hydrogen) atoms. The number of imidazole rings is 1. The smallest absolute Gasteiger partial charge is 0.305 e. The molecule has 0 aliphatic carbocycles. The molecule has 84 valence electrons. The number of nitrogens with zero attached hydrogens (tertiary/aromatic N) is 1. The largest absolute Gasteiger partial charge is 0.326 e. The molecule has 0 saturated carbocycles. The second-order valence-corrected chi connectivity index (χ2v) is 5.96. The first kappa shape index (κ1) is 10.5. The van der Waals surface area contributed by atoms with Gasteiger partial charge in [0.05, 0.1) is 11.0 Å². The zero-order valence-electron chi connectivity index (χ0n) is 8.57. The fraction of sp³-hybridized carbons (Fsp3) is 0.364. The normalized spacial score (nSPS) is 20.7. The highest BCUT2D eigenvalue weighted by Crippen LogP contribution is 2.31. The molecule has 1 unspecified atom stereocenters. The van der Waals surface area contributed by atoms with Crippen LogP contribution in [0.15, 0.2) is 27.5 Å². The van der Waals surface area contributed by atoms with Gasteiger partial charge in [0.15, 0.2) is 0 Å². The molecule has 0 spiro atoms. The summed E-state index contributed by atoms with van der Waals surface area (Å²) in [5.74, 6) is 2.18. The maximum atomic E-state index is 12.0. The van der Waals surface area contributed by atoms with Gasteiger partial charge in [0.25, 0.3) is 0 Å². The molecule has 1 fully saturated rings. The van der Waals surface area contributed by atoms with E-state index in [4.69, 9.17) is 0 Å². The molecule has 5 heteroatoms. The highest BCUT2D eigenvalue weighted by atomic mass is 79.9. The SMILES string of the molecule is O=c1[nH]c2cccc(Br)c2n1C1CCSC1. The number of nitrogens with one attached hydrogen (secondary N) is 1. The first-order valence-corrected chi connectivity index (χ1v) is 7.18. The van der Waals surface area contributed by atoms with Crippen molar-refractivity contribution in [1.82, 2.24) is 9.55 Å².